The predicted octanol–water partition coefficient (Wildman–Crippen LogP) is 0.505. The number of aliphatic hydroxyl groups is 1. The molecule has 3 rings (SSSR count). The molecule has 116 valence electrons. The highest BCUT2D eigenvalue weighted by Crippen LogP contribution is 2.44. The molecule has 6 heteroatoms. The molecule has 0 unspecified atom stereocenters. The van der Waals surface area contributed by atoms with Crippen molar-refractivity contribution in [3.8, 4) is 0 Å². The lowest BCUT2D eigenvalue weighted by atomic mass is 9.73. The molecule has 0 spiro atoms. The highest BCUT2D eigenvalue weighted by Gasteiger charge is 2.51. The molecular formula is C14H26N2O3S. The Bertz CT molecular complexity index is 461. The van der Waals surface area contributed by atoms with Crippen molar-refractivity contribution in [3.63, 3.8) is 0 Å². The van der Waals surface area contributed by atoms with Gasteiger partial charge in [-0.1, -0.05) is 12.8 Å². The van der Waals surface area contributed by atoms with Gasteiger partial charge in [-0.3, -0.25) is 0 Å². The summed E-state index contributed by atoms with van der Waals surface area (Å²) >= 11 is 0. The third-order valence-corrected chi connectivity index (χ3v) is 6.97. The first kappa shape index (κ1) is 14.8. The minimum absolute atomic E-state index is 0.113. The van der Waals surface area contributed by atoms with E-state index in [4.69, 9.17) is 0 Å². The normalized spacial score (nSPS) is 37.4. The van der Waals surface area contributed by atoms with Crippen molar-refractivity contribution in [1.82, 2.24) is 9.21 Å². The van der Waals surface area contributed by atoms with Crippen LogP contribution < -0.4 is 0 Å². The second kappa shape index (κ2) is 5.23. The Morgan fingerprint density at radius 1 is 1.25 bits per heavy atom. The van der Waals surface area contributed by atoms with Crippen molar-refractivity contribution in [2.45, 2.75) is 38.1 Å². The van der Waals surface area contributed by atoms with Crippen LogP contribution in [0.5, 0.6) is 0 Å². The van der Waals surface area contributed by atoms with Crippen LogP contribution in [0.25, 0.3) is 0 Å². The Balaban J connectivity index is 1.74. The topological polar surface area (TPSA) is 60.9 Å². The molecular weight excluding hydrogens is 276 g/mol. The second-order valence-electron chi connectivity index (χ2n) is 6.96. The Morgan fingerprint density at radius 2 is 1.95 bits per heavy atom. The van der Waals surface area contributed by atoms with Gasteiger partial charge in [-0.05, 0) is 31.7 Å². The Kier molecular flexibility index (Phi) is 3.86. The van der Waals surface area contributed by atoms with E-state index in [1.807, 2.05) is 0 Å². The number of hydrogen-bond donors (Lipinski definition) is 1. The van der Waals surface area contributed by atoms with Gasteiger partial charge in [-0.2, -0.15) is 0 Å². The zero-order valence-corrected chi connectivity index (χ0v) is 13.1. The van der Waals surface area contributed by atoms with Gasteiger partial charge in [0.05, 0.1) is 12.9 Å². The van der Waals surface area contributed by atoms with Gasteiger partial charge in [0.15, 0.2) is 0 Å². The van der Waals surface area contributed by atoms with Gasteiger partial charge in [-0.15, -0.1) is 0 Å². The van der Waals surface area contributed by atoms with E-state index in [0.717, 1.165) is 19.5 Å². The van der Waals surface area contributed by atoms with Gasteiger partial charge in [-0.25, -0.2) is 12.7 Å². The molecule has 0 amide bonds. The number of sulfonamides is 1. The SMILES string of the molecule is CS(=O)(=O)N1C[C@H]2CN(C3CCCC3)CC[C@@]2(CO)C1. The average Bonchev–Trinajstić information content (AvgIpc) is 3.04. The van der Waals surface area contributed by atoms with E-state index in [9.17, 15) is 13.5 Å². The summed E-state index contributed by atoms with van der Waals surface area (Å²) in [4.78, 5) is 2.55. The summed E-state index contributed by atoms with van der Waals surface area (Å²) in [6.45, 7) is 3.17. The molecule has 1 N–H and O–H groups in total. The minimum Gasteiger partial charge on any atom is -0.396 e. The second-order valence-corrected chi connectivity index (χ2v) is 8.94. The van der Waals surface area contributed by atoms with Crippen LogP contribution in [-0.2, 0) is 10.0 Å². The standard InChI is InChI=1S/C14H26N2O3S/c1-20(18,19)16-9-12-8-15(13-4-2-3-5-13)7-6-14(12,10-16)11-17/h12-13,17H,2-11H2,1H3/t12-,14+/m1/s1. The third-order valence-electron chi connectivity index (χ3n) is 5.76. The number of nitrogens with zero attached hydrogens (tertiary/aromatic N) is 2. The van der Waals surface area contributed by atoms with E-state index in [2.05, 4.69) is 4.90 Å². The molecule has 0 aromatic heterocycles. The zero-order chi connectivity index (χ0) is 14.4. The smallest absolute Gasteiger partial charge is 0.211 e. The highest BCUT2D eigenvalue weighted by molar-refractivity contribution is 7.88. The first-order valence-electron chi connectivity index (χ1n) is 7.75. The zero-order valence-electron chi connectivity index (χ0n) is 12.3. The van der Waals surface area contributed by atoms with Crippen LogP contribution in [-0.4, -0.2) is 67.8 Å². The lowest BCUT2D eigenvalue weighted by Crippen LogP contribution is -2.51. The summed E-state index contributed by atoms with van der Waals surface area (Å²) in [5, 5.41) is 9.85. The molecule has 0 aromatic rings. The number of aliphatic hydroxyl groups excluding tert-OH is 1. The van der Waals surface area contributed by atoms with E-state index in [0.29, 0.717) is 19.1 Å². The molecule has 20 heavy (non-hydrogen) atoms. The molecule has 2 saturated heterocycles. The van der Waals surface area contributed by atoms with E-state index in [-0.39, 0.29) is 17.9 Å². The molecule has 3 aliphatic rings. The summed E-state index contributed by atoms with van der Waals surface area (Å²) in [5.74, 6) is 0.288. The van der Waals surface area contributed by atoms with Crippen molar-refractivity contribution < 1.29 is 13.5 Å². The van der Waals surface area contributed by atoms with Crippen LogP contribution in [0.2, 0.25) is 0 Å². The lowest BCUT2D eigenvalue weighted by Gasteiger charge is -2.44. The highest BCUT2D eigenvalue weighted by atomic mass is 32.2. The Labute approximate surface area is 122 Å². The van der Waals surface area contributed by atoms with Crippen LogP contribution in [0.4, 0.5) is 0 Å². The lowest BCUT2D eigenvalue weighted by molar-refractivity contribution is 0.00442. The minimum atomic E-state index is -3.14. The average molecular weight is 302 g/mol. The number of likely N-dealkylation sites (tertiary alicyclic amines) is 1. The molecule has 0 bridgehead atoms. The fourth-order valence-corrected chi connectivity index (χ4v) is 5.31. The third kappa shape index (κ3) is 2.51. The largest absolute Gasteiger partial charge is 0.396 e. The fraction of sp³-hybridized carbons (Fsp3) is 1.00. The van der Waals surface area contributed by atoms with E-state index >= 15 is 0 Å². The molecule has 1 aliphatic carbocycles. The molecule has 2 aliphatic heterocycles. The van der Waals surface area contributed by atoms with Crippen molar-refractivity contribution >= 4 is 10.0 Å². The monoisotopic (exact) mass is 302 g/mol. The van der Waals surface area contributed by atoms with Crippen molar-refractivity contribution in [2.24, 2.45) is 11.3 Å². The van der Waals surface area contributed by atoms with E-state index in [1.165, 1.54) is 31.9 Å². The summed E-state index contributed by atoms with van der Waals surface area (Å²) in [6, 6.07) is 0.693. The van der Waals surface area contributed by atoms with Gasteiger partial charge >= 0.3 is 0 Å². The number of rotatable bonds is 3. The maximum atomic E-state index is 11.8. The maximum absolute atomic E-state index is 11.8. The number of piperidine rings is 1. The van der Waals surface area contributed by atoms with Gasteiger partial charge in [0, 0.05) is 31.1 Å². The van der Waals surface area contributed by atoms with Crippen LogP contribution in [0.15, 0.2) is 0 Å². The van der Waals surface area contributed by atoms with Crippen molar-refractivity contribution in [1.29, 1.82) is 0 Å². The summed E-state index contributed by atoms with van der Waals surface area (Å²) in [7, 11) is -3.14. The Hall–Kier alpha value is -0.170. The Morgan fingerprint density at radius 3 is 2.55 bits per heavy atom. The molecule has 1 saturated carbocycles. The van der Waals surface area contributed by atoms with Crippen molar-refractivity contribution in [3.05, 3.63) is 0 Å². The molecule has 2 atom stereocenters. The molecule has 3 fully saturated rings. The van der Waals surface area contributed by atoms with Crippen LogP contribution in [0.1, 0.15) is 32.1 Å². The first-order valence-corrected chi connectivity index (χ1v) is 9.59. The van der Waals surface area contributed by atoms with Crippen molar-refractivity contribution in [2.75, 3.05) is 39.0 Å². The van der Waals surface area contributed by atoms with Gasteiger partial charge in [0.25, 0.3) is 0 Å². The van der Waals surface area contributed by atoms with E-state index in [1.54, 1.807) is 4.31 Å². The van der Waals surface area contributed by atoms with Gasteiger partial charge < -0.3 is 10.0 Å². The van der Waals surface area contributed by atoms with Crippen LogP contribution in [0, 0.1) is 11.3 Å². The molecule has 5 nitrogen and oxygen atoms in total. The summed E-state index contributed by atoms with van der Waals surface area (Å²) in [5.41, 5.74) is -0.196. The number of fused-ring (bicyclic) bond motifs is 1. The fourth-order valence-electron chi connectivity index (χ4n) is 4.37. The molecule has 0 aromatic carbocycles. The maximum Gasteiger partial charge on any atom is 0.211 e. The summed E-state index contributed by atoms with van der Waals surface area (Å²) < 4.78 is 25.2. The predicted molar refractivity (Wildman–Crippen MR) is 77.9 cm³/mol. The molecule has 0 radical (unpaired) electrons. The van der Waals surface area contributed by atoms with Gasteiger partial charge in [0.1, 0.15) is 0 Å². The molecule has 2 heterocycles. The number of hydrogen-bond acceptors (Lipinski definition) is 4. The van der Waals surface area contributed by atoms with E-state index < -0.39 is 10.0 Å². The van der Waals surface area contributed by atoms with Crippen LogP contribution >= 0.6 is 0 Å². The quantitative estimate of drug-likeness (QED) is 0.825. The summed E-state index contributed by atoms with van der Waals surface area (Å²) in [6.07, 6.45) is 7.43. The van der Waals surface area contributed by atoms with Gasteiger partial charge in [0.2, 0.25) is 10.0 Å². The van der Waals surface area contributed by atoms with Crippen LogP contribution in [0.3, 0.4) is 0 Å². The first-order chi connectivity index (χ1) is 9.44.